The number of nitrogens with zero attached hydrogens (tertiary/aromatic N) is 2. The molecule has 1 aliphatic heterocycles. The first-order valence-electron chi connectivity index (χ1n) is 10.9. The summed E-state index contributed by atoms with van der Waals surface area (Å²) in [4.78, 5) is 27.8. The molecule has 2 aromatic rings. The number of rotatable bonds is 9. The number of ether oxygens (including phenoxy) is 1. The lowest BCUT2D eigenvalue weighted by molar-refractivity contribution is -0.129. The summed E-state index contributed by atoms with van der Waals surface area (Å²) in [5.41, 5.74) is 1.66. The molecule has 0 saturated carbocycles. The number of carbonyl (C=O) groups excluding carboxylic acids is 2. The fourth-order valence-electron chi connectivity index (χ4n) is 3.76. The largest absolute Gasteiger partial charge is 0.497 e. The molecule has 1 heterocycles. The standard InChI is InChI=1S/C25H31N3O3Si/c1-31-21-9-7-20(8-10-21)25(27-24(30)17-28-15-19(14-26)16-28)23(29)13-18-5-11-22(12-6-18)32(2,3)4/h5-12,19,25H,13,15-17H2,1-4H3,(H,27,30). The van der Waals surface area contributed by atoms with E-state index >= 15 is 0 Å². The van der Waals surface area contributed by atoms with Crippen LogP contribution in [-0.4, -0.2) is 51.4 Å². The van der Waals surface area contributed by atoms with Crippen LogP contribution in [0, 0.1) is 17.2 Å². The van der Waals surface area contributed by atoms with Crippen molar-refractivity contribution in [1.82, 2.24) is 10.2 Å². The Bertz CT molecular complexity index is 985. The second-order valence-electron chi connectivity index (χ2n) is 9.38. The lowest BCUT2D eigenvalue weighted by Crippen LogP contribution is -2.51. The summed E-state index contributed by atoms with van der Waals surface area (Å²) in [6.07, 6.45) is 0.239. The third-order valence-corrected chi connectivity index (χ3v) is 7.85. The number of benzene rings is 2. The molecule has 1 aliphatic rings. The molecule has 1 atom stereocenters. The van der Waals surface area contributed by atoms with Crippen molar-refractivity contribution in [2.75, 3.05) is 26.7 Å². The fourth-order valence-corrected chi connectivity index (χ4v) is 4.93. The first-order chi connectivity index (χ1) is 15.2. The number of nitriles is 1. The van der Waals surface area contributed by atoms with Crippen molar-refractivity contribution in [3.05, 3.63) is 59.7 Å². The Hall–Kier alpha value is -2.95. The highest BCUT2D eigenvalue weighted by atomic mass is 28.3. The maximum Gasteiger partial charge on any atom is 0.235 e. The molecular weight excluding hydrogens is 418 g/mol. The quantitative estimate of drug-likeness (QED) is 0.595. The van der Waals surface area contributed by atoms with Crippen LogP contribution in [0.4, 0.5) is 0 Å². The number of nitrogens with one attached hydrogen (secondary N) is 1. The normalized spacial score (nSPS) is 15.3. The maximum atomic E-state index is 13.3. The zero-order chi connectivity index (χ0) is 23.3. The van der Waals surface area contributed by atoms with Crippen LogP contribution in [0.2, 0.25) is 19.6 Å². The minimum atomic E-state index is -1.40. The molecule has 1 unspecified atom stereocenters. The average Bonchev–Trinajstić information content (AvgIpc) is 2.74. The lowest BCUT2D eigenvalue weighted by atomic mass is 9.97. The third-order valence-electron chi connectivity index (χ3n) is 5.78. The molecule has 0 spiro atoms. The molecule has 32 heavy (non-hydrogen) atoms. The van der Waals surface area contributed by atoms with Crippen LogP contribution in [0.3, 0.4) is 0 Å². The van der Waals surface area contributed by atoms with E-state index in [1.54, 1.807) is 19.2 Å². The first-order valence-corrected chi connectivity index (χ1v) is 14.4. The summed E-state index contributed by atoms with van der Waals surface area (Å²) in [5.74, 6) is 0.393. The highest BCUT2D eigenvalue weighted by molar-refractivity contribution is 6.88. The van der Waals surface area contributed by atoms with E-state index in [1.807, 2.05) is 29.2 Å². The minimum Gasteiger partial charge on any atom is -0.497 e. The van der Waals surface area contributed by atoms with Crippen molar-refractivity contribution in [2.24, 2.45) is 5.92 Å². The highest BCUT2D eigenvalue weighted by Gasteiger charge is 2.30. The van der Waals surface area contributed by atoms with Gasteiger partial charge in [0.2, 0.25) is 5.91 Å². The van der Waals surface area contributed by atoms with Crippen LogP contribution >= 0.6 is 0 Å². The number of Topliss-reactive ketones (excluding diaryl/α,β-unsaturated/α-hetero) is 1. The molecule has 2 aromatic carbocycles. The first kappa shape index (κ1) is 23.7. The molecule has 3 rings (SSSR count). The Balaban J connectivity index is 1.72. The van der Waals surface area contributed by atoms with E-state index in [9.17, 15) is 9.59 Å². The number of likely N-dealkylation sites (tertiary alicyclic amines) is 1. The van der Waals surface area contributed by atoms with E-state index in [4.69, 9.17) is 10.00 Å². The van der Waals surface area contributed by atoms with Crippen LogP contribution in [0.25, 0.3) is 0 Å². The second-order valence-corrected chi connectivity index (χ2v) is 14.5. The number of carbonyl (C=O) groups is 2. The summed E-state index contributed by atoms with van der Waals surface area (Å²) in [5, 5.41) is 13.2. The molecule has 168 valence electrons. The van der Waals surface area contributed by atoms with Crippen molar-refractivity contribution in [3.8, 4) is 11.8 Å². The van der Waals surface area contributed by atoms with Crippen LogP contribution in [0.15, 0.2) is 48.5 Å². The number of ketones is 1. The SMILES string of the molecule is COc1ccc(C(NC(=O)CN2CC(C#N)C2)C(=O)Cc2ccc([Si](C)(C)C)cc2)cc1. The van der Waals surface area contributed by atoms with Crippen LogP contribution in [-0.2, 0) is 16.0 Å². The molecule has 7 heteroatoms. The monoisotopic (exact) mass is 449 g/mol. The fraction of sp³-hybridized carbons (Fsp3) is 0.400. The van der Waals surface area contributed by atoms with Crippen molar-refractivity contribution < 1.29 is 14.3 Å². The van der Waals surface area contributed by atoms with Gasteiger partial charge in [-0.3, -0.25) is 14.5 Å². The van der Waals surface area contributed by atoms with E-state index in [-0.39, 0.29) is 30.6 Å². The van der Waals surface area contributed by atoms with Crippen molar-refractivity contribution in [1.29, 1.82) is 5.26 Å². The molecule has 0 aliphatic carbocycles. The average molecular weight is 450 g/mol. The zero-order valence-corrected chi connectivity index (χ0v) is 20.2. The van der Waals surface area contributed by atoms with E-state index < -0.39 is 14.1 Å². The minimum absolute atomic E-state index is 0.0130. The van der Waals surface area contributed by atoms with Gasteiger partial charge in [-0.2, -0.15) is 5.26 Å². The summed E-state index contributed by atoms with van der Waals surface area (Å²) < 4.78 is 5.22. The smallest absolute Gasteiger partial charge is 0.235 e. The Morgan fingerprint density at radius 3 is 2.28 bits per heavy atom. The van der Waals surface area contributed by atoms with Crippen molar-refractivity contribution >= 4 is 25.0 Å². The highest BCUT2D eigenvalue weighted by Crippen LogP contribution is 2.21. The van der Waals surface area contributed by atoms with Gasteiger partial charge in [0.15, 0.2) is 5.78 Å². The summed E-state index contributed by atoms with van der Waals surface area (Å²) in [7, 11) is 0.187. The van der Waals surface area contributed by atoms with E-state index in [2.05, 4.69) is 43.2 Å². The molecule has 1 amide bonds. The van der Waals surface area contributed by atoms with Gasteiger partial charge in [0, 0.05) is 19.5 Å². The van der Waals surface area contributed by atoms with Gasteiger partial charge in [-0.05, 0) is 23.3 Å². The summed E-state index contributed by atoms with van der Waals surface area (Å²) in [6.45, 7) is 8.24. The Kier molecular flexibility index (Phi) is 7.49. The molecule has 0 aromatic heterocycles. The summed E-state index contributed by atoms with van der Waals surface area (Å²) in [6, 6.07) is 16.9. The van der Waals surface area contributed by atoms with Gasteiger partial charge in [0.1, 0.15) is 11.8 Å². The van der Waals surface area contributed by atoms with Gasteiger partial charge in [0.25, 0.3) is 0 Å². The molecule has 1 saturated heterocycles. The van der Waals surface area contributed by atoms with Gasteiger partial charge in [-0.25, -0.2) is 0 Å². The van der Waals surface area contributed by atoms with Crippen LogP contribution < -0.4 is 15.2 Å². The molecule has 1 fully saturated rings. The molecule has 6 nitrogen and oxygen atoms in total. The number of amides is 1. The van der Waals surface area contributed by atoms with Gasteiger partial charge in [-0.15, -0.1) is 0 Å². The zero-order valence-electron chi connectivity index (χ0n) is 19.2. The van der Waals surface area contributed by atoms with E-state index in [0.717, 1.165) is 11.1 Å². The topological polar surface area (TPSA) is 82.4 Å². The maximum absolute atomic E-state index is 13.3. The second kappa shape index (κ2) is 10.1. The number of methoxy groups -OCH3 is 1. The third kappa shape index (κ3) is 6.06. The van der Waals surface area contributed by atoms with Crippen LogP contribution in [0.5, 0.6) is 5.75 Å². The van der Waals surface area contributed by atoms with Crippen molar-refractivity contribution in [3.63, 3.8) is 0 Å². The molecule has 0 bridgehead atoms. The molecule has 1 N–H and O–H groups in total. The van der Waals surface area contributed by atoms with E-state index in [0.29, 0.717) is 18.8 Å². The number of hydrogen-bond donors (Lipinski definition) is 1. The van der Waals surface area contributed by atoms with Gasteiger partial charge < -0.3 is 10.1 Å². The van der Waals surface area contributed by atoms with Gasteiger partial charge in [0.05, 0.1) is 33.7 Å². The molecule has 0 radical (unpaired) electrons. The summed E-state index contributed by atoms with van der Waals surface area (Å²) >= 11 is 0. The van der Waals surface area contributed by atoms with Gasteiger partial charge >= 0.3 is 0 Å². The van der Waals surface area contributed by atoms with Crippen molar-refractivity contribution in [2.45, 2.75) is 32.1 Å². The predicted octanol–water partition coefficient (Wildman–Crippen LogP) is 2.66. The molecular formula is C25H31N3O3Si. The van der Waals surface area contributed by atoms with E-state index in [1.165, 1.54) is 5.19 Å². The number of hydrogen-bond acceptors (Lipinski definition) is 5. The Morgan fingerprint density at radius 2 is 1.75 bits per heavy atom. The van der Waals surface area contributed by atoms with Gasteiger partial charge in [-0.1, -0.05) is 61.2 Å². The predicted molar refractivity (Wildman–Crippen MR) is 128 cm³/mol. The van der Waals surface area contributed by atoms with Crippen LogP contribution in [0.1, 0.15) is 17.2 Å². The Morgan fingerprint density at radius 1 is 1.12 bits per heavy atom. The Labute approximate surface area is 191 Å². The lowest BCUT2D eigenvalue weighted by Gasteiger charge is -2.34.